The number of para-hydroxylation sites is 2. The molecule has 0 aliphatic rings. The first-order valence-electron chi connectivity index (χ1n) is 13.1. The lowest BCUT2D eigenvalue weighted by Gasteiger charge is -2.18. The van der Waals surface area contributed by atoms with E-state index in [1.807, 2.05) is 54.9 Å². The first kappa shape index (κ1) is 26.9. The number of benzene rings is 2. The molecule has 2 heterocycles. The monoisotopic (exact) mass is 517 g/mol. The van der Waals surface area contributed by atoms with Crippen LogP contribution in [0.1, 0.15) is 49.7 Å². The van der Waals surface area contributed by atoms with Crippen molar-refractivity contribution >= 4 is 39.5 Å². The minimum Gasteiger partial charge on any atom is -0.361 e. The van der Waals surface area contributed by atoms with E-state index >= 15 is 0 Å². The van der Waals surface area contributed by atoms with Gasteiger partial charge in [0.05, 0.1) is 0 Å². The van der Waals surface area contributed by atoms with Crippen LogP contribution in [0, 0.1) is 0 Å². The van der Waals surface area contributed by atoms with Gasteiger partial charge in [0.2, 0.25) is 17.7 Å². The Bertz CT molecular complexity index is 1380. The highest BCUT2D eigenvalue weighted by molar-refractivity contribution is 5.89. The molecule has 0 spiro atoms. The van der Waals surface area contributed by atoms with Crippen LogP contribution in [0.5, 0.6) is 0 Å². The summed E-state index contributed by atoms with van der Waals surface area (Å²) < 4.78 is 0. The lowest BCUT2D eigenvalue weighted by molar-refractivity contribution is -0.129. The first-order chi connectivity index (χ1) is 18.5. The summed E-state index contributed by atoms with van der Waals surface area (Å²) >= 11 is 0. The van der Waals surface area contributed by atoms with E-state index in [1.165, 1.54) is 10.9 Å². The molecule has 4 aromatic rings. The van der Waals surface area contributed by atoms with Gasteiger partial charge in [-0.15, -0.1) is 0 Å². The van der Waals surface area contributed by atoms with Crippen LogP contribution < -0.4 is 16.1 Å². The number of hydroxylamine groups is 1. The van der Waals surface area contributed by atoms with E-state index in [9.17, 15) is 14.4 Å². The molecule has 0 saturated carbocycles. The minimum atomic E-state index is -0.699. The van der Waals surface area contributed by atoms with Crippen LogP contribution in [0.25, 0.3) is 21.8 Å². The van der Waals surface area contributed by atoms with Crippen molar-refractivity contribution in [2.45, 2.75) is 57.4 Å². The zero-order valence-corrected chi connectivity index (χ0v) is 21.4. The average molecular weight is 518 g/mol. The summed E-state index contributed by atoms with van der Waals surface area (Å²) in [6.07, 6.45) is 8.32. The predicted octanol–water partition coefficient (Wildman–Crippen LogP) is 3.88. The maximum Gasteiger partial charge on any atom is 0.243 e. The van der Waals surface area contributed by atoms with E-state index in [1.54, 1.807) is 5.48 Å². The van der Waals surface area contributed by atoms with Crippen LogP contribution in [-0.2, 0) is 27.2 Å². The van der Waals surface area contributed by atoms with Crippen LogP contribution in [0.4, 0.5) is 0 Å². The Morgan fingerprint density at radius 1 is 0.763 bits per heavy atom. The topological polar surface area (TPSA) is 139 Å². The van der Waals surface area contributed by atoms with Gasteiger partial charge in [0, 0.05) is 60.0 Å². The van der Waals surface area contributed by atoms with Gasteiger partial charge < -0.3 is 20.6 Å². The number of carbonyl (C=O) groups excluding carboxylic acids is 3. The fourth-order valence-corrected chi connectivity index (χ4v) is 4.75. The average Bonchev–Trinajstić information content (AvgIpc) is 3.54. The van der Waals surface area contributed by atoms with E-state index in [0.717, 1.165) is 34.8 Å². The maximum absolute atomic E-state index is 13.1. The van der Waals surface area contributed by atoms with Gasteiger partial charge in [-0.25, -0.2) is 5.48 Å². The van der Waals surface area contributed by atoms with Gasteiger partial charge in [-0.2, -0.15) is 0 Å². The Kier molecular flexibility index (Phi) is 9.53. The lowest BCUT2D eigenvalue weighted by Crippen LogP contribution is -2.48. The lowest BCUT2D eigenvalue weighted by atomic mass is 10.0. The Balaban J connectivity index is 1.32. The largest absolute Gasteiger partial charge is 0.361 e. The van der Waals surface area contributed by atoms with Gasteiger partial charge in [-0.3, -0.25) is 19.6 Å². The number of hydrogen-bond acceptors (Lipinski definition) is 4. The molecule has 9 heteroatoms. The summed E-state index contributed by atoms with van der Waals surface area (Å²) in [5, 5.41) is 16.7. The molecule has 0 radical (unpaired) electrons. The molecule has 4 rings (SSSR count). The van der Waals surface area contributed by atoms with Crippen molar-refractivity contribution in [1.82, 2.24) is 26.1 Å². The quantitative estimate of drug-likeness (QED) is 0.0858. The molecule has 0 unspecified atom stereocenters. The molecule has 3 amide bonds. The van der Waals surface area contributed by atoms with Crippen molar-refractivity contribution in [1.29, 1.82) is 0 Å². The molecular formula is C29H35N5O4. The number of aryl methyl sites for hydroxylation is 1. The predicted molar refractivity (Wildman–Crippen MR) is 147 cm³/mol. The van der Waals surface area contributed by atoms with Crippen LogP contribution in [0.3, 0.4) is 0 Å². The highest BCUT2D eigenvalue weighted by Crippen LogP contribution is 2.21. The number of nitrogens with one attached hydrogen (secondary N) is 5. The standard InChI is InChI=1S/C29H35N5O4/c35-27(15-8-9-20-18-31-24-12-5-3-10-22(20)24)33-26(17-21-19-32-25-13-6-4-11-23(21)25)29(37)30-16-7-1-2-14-28(36)34-38/h3-6,10-13,18-19,26,31-32,38H,1-2,7-9,14-17H2,(H,30,37)(H,33,35)(H,34,36)/t26-/m1/s1. The Labute approximate surface area is 221 Å². The molecule has 0 aliphatic heterocycles. The van der Waals surface area contributed by atoms with E-state index in [2.05, 4.69) is 26.7 Å². The first-order valence-corrected chi connectivity index (χ1v) is 13.1. The Morgan fingerprint density at radius 2 is 1.39 bits per heavy atom. The molecule has 2 aromatic heterocycles. The van der Waals surface area contributed by atoms with Gasteiger partial charge in [0.1, 0.15) is 6.04 Å². The summed E-state index contributed by atoms with van der Waals surface area (Å²) in [5.74, 6) is -0.798. The fourth-order valence-electron chi connectivity index (χ4n) is 4.75. The summed E-state index contributed by atoms with van der Waals surface area (Å²) in [5.41, 5.74) is 5.83. The summed E-state index contributed by atoms with van der Waals surface area (Å²) in [6, 6.07) is 15.3. The zero-order valence-electron chi connectivity index (χ0n) is 21.4. The summed E-state index contributed by atoms with van der Waals surface area (Å²) in [7, 11) is 0. The smallest absolute Gasteiger partial charge is 0.243 e. The number of rotatable bonds is 14. The number of aromatic amines is 2. The molecular weight excluding hydrogens is 482 g/mol. The fraction of sp³-hybridized carbons (Fsp3) is 0.345. The normalized spacial score (nSPS) is 11.9. The number of unbranched alkanes of at least 4 members (excludes halogenated alkanes) is 2. The molecule has 9 nitrogen and oxygen atoms in total. The van der Waals surface area contributed by atoms with Gasteiger partial charge in [0.15, 0.2) is 0 Å². The van der Waals surface area contributed by atoms with E-state index < -0.39 is 11.9 Å². The van der Waals surface area contributed by atoms with Crippen molar-refractivity contribution in [3.05, 3.63) is 72.1 Å². The van der Waals surface area contributed by atoms with Crippen LogP contribution in [0.2, 0.25) is 0 Å². The maximum atomic E-state index is 13.1. The second-order valence-corrected chi connectivity index (χ2v) is 9.53. The van der Waals surface area contributed by atoms with Crippen LogP contribution in [-0.4, -0.2) is 45.5 Å². The highest BCUT2D eigenvalue weighted by atomic mass is 16.5. The SMILES string of the molecule is O=C(CCCCCNC(=O)[C@@H](Cc1c[nH]c2ccccc12)NC(=O)CCCc1c[nH]c2ccccc12)NO. The van der Waals surface area contributed by atoms with Gasteiger partial charge in [-0.1, -0.05) is 42.8 Å². The van der Waals surface area contributed by atoms with Crippen molar-refractivity contribution < 1.29 is 19.6 Å². The van der Waals surface area contributed by atoms with Crippen molar-refractivity contribution in [2.75, 3.05) is 6.54 Å². The van der Waals surface area contributed by atoms with Crippen LogP contribution in [0.15, 0.2) is 60.9 Å². The third kappa shape index (κ3) is 7.23. The third-order valence-corrected chi connectivity index (χ3v) is 6.78. The molecule has 200 valence electrons. The second-order valence-electron chi connectivity index (χ2n) is 9.53. The number of hydrogen-bond donors (Lipinski definition) is 6. The third-order valence-electron chi connectivity index (χ3n) is 6.78. The molecule has 0 fully saturated rings. The van der Waals surface area contributed by atoms with Crippen LogP contribution >= 0.6 is 0 Å². The number of H-pyrrole nitrogens is 2. The molecule has 6 N–H and O–H groups in total. The molecule has 38 heavy (non-hydrogen) atoms. The number of aromatic nitrogens is 2. The van der Waals surface area contributed by atoms with Crippen molar-refractivity contribution in [2.24, 2.45) is 0 Å². The van der Waals surface area contributed by atoms with Gasteiger partial charge in [0.25, 0.3) is 0 Å². The summed E-state index contributed by atoms with van der Waals surface area (Å²) in [4.78, 5) is 43.6. The van der Waals surface area contributed by atoms with E-state index in [-0.39, 0.29) is 18.2 Å². The minimum absolute atomic E-state index is 0.153. The molecule has 0 saturated heterocycles. The number of carbonyl (C=O) groups is 3. The molecule has 0 bridgehead atoms. The number of fused-ring (bicyclic) bond motifs is 2. The van der Waals surface area contributed by atoms with Crippen molar-refractivity contribution in [3.63, 3.8) is 0 Å². The van der Waals surface area contributed by atoms with Crippen molar-refractivity contribution in [3.8, 4) is 0 Å². The van der Waals surface area contributed by atoms with E-state index in [4.69, 9.17) is 5.21 Å². The second kappa shape index (κ2) is 13.4. The Hall–Kier alpha value is -4.11. The molecule has 2 aromatic carbocycles. The van der Waals surface area contributed by atoms with E-state index in [0.29, 0.717) is 38.6 Å². The zero-order chi connectivity index (χ0) is 26.7. The Morgan fingerprint density at radius 3 is 2.11 bits per heavy atom. The summed E-state index contributed by atoms with van der Waals surface area (Å²) in [6.45, 7) is 0.445. The van der Waals surface area contributed by atoms with Gasteiger partial charge in [-0.05, 0) is 48.9 Å². The van der Waals surface area contributed by atoms with Gasteiger partial charge >= 0.3 is 0 Å². The molecule has 1 atom stereocenters. The highest BCUT2D eigenvalue weighted by Gasteiger charge is 2.22. The number of amides is 3. The molecule has 0 aliphatic carbocycles.